The van der Waals surface area contributed by atoms with E-state index >= 15 is 0 Å². The summed E-state index contributed by atoms with van der Waals surface area (Å²) in [4.78, 5) is 2.72. The monoisotopic (exact) mass is 183 g/mol. The van der Waals surface area contributed by atoms with Gasteiger partial charge in [-0.25, -0.2) is 0 Å². The van der Waals surface area contributed by atoms with Gasteiger partial charge >= 0.3 is 0 Å². The highest BCUT2D eigenvalue weighted by atomic mass is 16.7. The van der Waals surface area contributed by atoms with Crippen molar-refractivity contribution in [2.75, 3.05) is 6.61 Å². The van der Waals surface area contributed by atoms with E-state index in [0.29, 0.717) is 6.61 Å². The summed E-state index contributed by atoms with van der Waals surface area (Å²) in [6.07, 6.45) is 1.35. The first-order chi connectivity index (χ1) is 6.09. The minimum absolute atomic E-state index is 0.219. The van der Waals surface area contributed by atoms with Crippen molar-refractivity contribution in [2.24, 2.45) is 5.11 Å². The molecule has 0 amide bonds. The zero-order valence-electron chi connectivity index (χ0n) is 7.80. The molecular formula is C8H13N3O2. The maximum absolute atomic E-state index is 8.27. The van der Waals surface area contributed by atoms with Crippen molar-refractivity contribution in [1.82, 2.24) is 0 Å². The second-order valence-corrected chi connectivity index (χ2v) is 3.30. The Morgan fingerprint density at radius 1 is 1.77 bits per heavy atom. The lowest BCUT2D eigenvalue weighted by Gasteiger charge is -2.18. The van der Waals surface area contributed by atoms with Gasteiger partial charge in [-0.3, -0.25) is 0 Å². The van der Waals surface area contributed by atoms with E-state index in [4.69, 9.17) is 15.0 Å². The third kappa shape index (κ3) is 2.45. The molecule has 1 saturated heterocycles. The summed E-state index contributed by atoms with van der Waals surface area (Å²) in [5.74, 6) is -0.586. The second kappa shape index (κ2) is 3.79. The number of nitrogens with zero attached hydrogens (tertiary/aromatic N) is 3. The van der Waals surface area contributed by atoms with Gasteiger partial charge in [0, 0.05) is 4.91 Å². The van der Waals surface area contributed by atoms with Crippen molar-refractivity contribution in [3.8, 4) is 0 Å². The van der Waals surface area contributed by atoms with Gasteiger partial charge in [-0.15, -0.1) is 6.58 Å². The summed E-state index contributed by atoms with van der Waals surface area (Å²) >= 11 is 0. The molecule has 2 atom stereocenters. The Bertz CT molecular complexity index is 246. The van der Waals surface area contributed by atoms with Crippen LogP contribution in [-0.4, -0.2) is 24.5 Å². The summed E-state index contributed by atoms with van der Waals surface area (Å²) < 4.78 is 10.8. The predicted molar refractivity (Wildman–Crippen MR) is 48.0 cm³/mol. The van der Waals surface area contributed by atoms with Crippen molar-refractivity contribution in [3.05, 3.63) is 23.1 Å². The van der Waals surface area contributed by atoms with Crippen molar-refractivity contribution < 1.29 is 9.47 Å². The number of ether oxygens (including phenoxy) is 2. The molecule has 0 spiro atoms. The molecule has 0 saturated carbocycles. The van der Waals surface area contributed by atoms with Crippen LogP contribution in [0.5, 0.6) is 0 Å². The molecule has 1 fully saturated rings. The summed E-state index contributed by atoms with van der Waals surface area (Å²) in [7, 11) is 0. The third-order valence-corrected chi connectivity index (χ3v) is 1.84. The molecule has 1 aliphatic heterocycles. The molecule has 1 aliphatic rings. The lowest BCUT2D eigenvalue weighted by atomic mass is 10.2. The van der Waals surface area contributed by atoms with E-state index in [9.17, 15) is 0 Å². The molecule has 0 N–H and O–H groups in total. The van der Waals surface area contributed by atoms with Crippen molar-refractivity contribution >= 4 is 0 Å². The van der Waals surface area contributed by atoms with Crippen LogP contribution in [0, 0.1) is 0 Å². The molecule has 0 aromatic heterocycles. The van der Waals surface area contributed by atoms with Gasteiger partial charge in [0.15, 0.2) is 5.79 Å². The third-order valence-electron chi connectivity index (χ3n) is 1.84. The Hall–Kier alpha value is -1.03. The zero-order chi connectivity index (χ0) is 9.90. The van der Waals surface area contributed by atoms with Gasteiger partial charge in [0.2, 0.25) is 0 Å². The Kier molecular flexibility index (Phi) is 2.93. The molecule has 5 heteroatoms. The van der Waals surface area contributed by atoms with Crippen LogP contribution in [0.1, 0.15) is 13.8 Å². The number of hydrogen-bond acceptors (Lipinski definition) is 3. The maximum Gasteiger partial charge on any atom is 0.163 e. The van der Waals surface area contributed by atoms with E-state index in [1.807, 2.05) is 13.8 Å². The number of hydrogen-bond donors (Lipinski definition) is 0. The quantitative estimate of drug-likeness (QED) is 0.290. The molecule has 5 nitrogen and oxygen atoms in total. The second-order valence-electron chi connectivity index (χ2n) is 3.30. The van der Waals surface area contributed by atoms with Crippen molar-refractivity contribution in [2.45, 2.75) is 31.8 Å². The summed E-state index contributed by atoms with van der Waals surface area (Å²) in [6, 6.07) is -0.355. The van der Waals surface area contributed by atoms with E-state index in [2.05, 4.69) is 16.6 Å². The van der Waals surface area contributed by atoms with Crippen molar-refractivity contribution in [3.63, 3.8) is 0 Å². The van der Waals surface area contributed by atoms with E-state index in [1.165, 1.54) is 0 Å². The lowest BCUT2D eigenvalue weighted by Crippen LogP contribution is -2.27. The van der Waals surface area contributed by atoms with Gasteiger partial charge in [-0.1, -0.05) is 11.2 Å². The topological polar surface area (TPSA) is 67.2 Å². The fourth-order valence-corrected chi connectivity index (χ4v) is 1.22. The molecule has 72 valence electrons. The largest absolute Gasteiger partial charge is 0.348 e. The Labute approximate surface area is 77.0 Å². The van der Waals surface area contributed by atoms with Crippen LogP contribution < -0.4 is 0 Å². The van der Waals surface area contributed by atoms with Crippen LogP contribution in [0.3, 0.4) is 0 Å². The van der Waals surface area contributed by atoms with E-state index < -0.39 is 5.79 Å². The molecule has 0 aromatic rings. The molecule has 0 radical (unpaired) electrons. The number of rotatable bonds is 3. The van der Waals surface area contributed by atoms with E-state index in [-0.39, 0.29) is 12.1 Å². The molecule has 13 heavy (non-hydrogen) atoms. The van der Waals surface area contributed by atoms with Crippen LogP contribution in [0.4, 0.5) is 0 Å². The van der Waals surface area contributed by atoms with E-state index in [1.54, 1.807) is 6.08 Å². The smallest absolute Gasteiger partial charge is 0.163 e. The highest BCUT2D eigenvalue weighted by molar-refractivity contribution is 4.94. The predicted octanol–water partition coefficient (Wildman–Crippen LogP) is 2.00. The standard InChI is InChI=1S/C8H13N3O2/c1-4-6(10-11-9)7-5-12-8(2,3)13-7/h4,6-7H,1,5H2,2-3H3/t6-,7+/m0/s1. The highest BCUT2D eigenvalue weighted by Crippen LogP contribution is 2.25. The first-order valence-corrected chi connectivity index (χ1v) is 4.07. The van der Waals surface area contributed by atoms with Gasteiger partial charge in [0.1, 0.15) is 0 Å². The van der Waals surface area contributed by atoms with Gasteiger partial charge in [0.05, 0.1) is 18.8 Å². The normalized spacial score (nSPS) is 27.7. The molecule has 1 rings (SSSR count). The fourth-order valence-electron chi connectivity index (χ4n) is 1.22. The fraction of sp³-hybridized carbons (Fsp3) is 0.750. The molecule has 0 aliphatic carbocycles. The highest BCUT2D eigenvalue weighted by Gasteiger charge is 2.35. The van der Waals surface area contributed by atoms with Gasteiger partial charge < -0.3 is 9.47 Å². The lowest BCUT2D eigenvalue weighted by molar-refractivity contribution is -0.139. The summed E-state index contributed by atoms with van der Waals surface area (Å²) in [5, 5.41) is 3.55. The average molecular weight is 183 g/mol. The van der Waals surface area contributed by atoms with Crippen LogP contribution >= 0.6 is 0 Å². The first kappa shape index (κ1) is 10.1. The molecule has 0 bridgehead atoms. The molecule has 0 unspecified atom stereocenters. The Morgan fingerprint density at radius 3 is 2.85 bits per heavy atom. The Morgan fingerprint density at radius 2 is 2.46 bits per heavy atom. The number of azide groups is 1. The summed E-state index contributed by atoms with van der Waals surface area (Å²) in [5.41, 5.74) is 8.27. The van der Waals surface area contributed by atoms with Crippen LogP contribution in [0.15, 0.2) is 17.8 Å². The average Bonchev–Trinajstić information content (AvgIpc) is 2.42. The molecule has 1 heterocycles. The minimum Gasteiger partial charge on any atom is -0.348 e. The Balaban J connectivity index is 2.63. The van der Waals surface area contributed by atoms with Crippen LogP contribution in [-0.2, 0) is 9.47 Å². The summed E-state index contributed by atoms with van der Waals surface area (Å²) in [6.45, 7) is 7.65. The molecular weight excluding hydrogens is 170 g/mol. The zero-order valence-corrected chi connectivity index (χ0v) is 7.80. The van der Waals surface area contributed by atoms with Crippen molar-refractivity contribution in [1.29, 1.82) is 0 Å². The maximum atomic E-state index is 8.27. The van der Waals surface area contributed by atoms with E-state index in [0.717, 1.165) is 0 Å². The van der Waals surface area contributed by atoms with Crippen LogP contribution in [0.2, 0.25) is 0 Å². The molecule has 0 aromatic carbocycles. The SMILES string of the molecule is C=C[C@H](N=[N+]=[N-])[C@H]1COC(C)(C)O1. The van der Waals surface area contributed by atoms with Crippen LogP contribution in [0.25, 0.3) is 10.4 Å². The van der Waals surface area contributed by atoms with Gasteiger partial charge in [-0.2, -0.15) is 0 Å². The van der Waals surface area contributed by atoms with Gasteiger partial charge in [-0.05, 0) is 19.4 Å². The first-order valence-electron chi connectivity index (χ1n) is 4.07. The van der Waals surface area contributed by atoms with Gasteiger partial charge in [0.25, 0.3) is 0 Å². The minimum atomic E-state index is -0.586.